The summed E-state index contributed by atoms with van der Waals surface area (Å²) in [7, 11) is 0. The molecule has 4 bridgehead atoms. The molecule has 48 heavy (non-hydrogen) atoms. The van der Waals surface area contributed by atoms with Gasteiger partial charge >= 0.3 is 18.0 Å². The Hall–Kier alpha value is -4.83. The molecule has 2 aromatic carbocycles. The summed E-state index contributed by atoms with van der Waals surface area (Å²) in [5.41, 5.74) is -5.35. The smallest absolute Gasteiger partial charge is 0.415 e. The lowest BCUT2D eigenvalue weighted by atomic mass is 9.95. The van der Waals surface area contributed by atoms with Crippen LogP contribution in [0.15, 0.2) is 83.3 Å². The molecular weight excluding hydrogens is 648 g/mol. The van der Waals surface area contributed by atoms with Gasteiger partial charge in [-0.05, 0) is 30.4 Å². The third-order valence-corrected chi connectivity index (χ3v) is 7.56. The molecule has 0 fully saturated rings. The Balaban J connectivity index is 1.59. The summed E-state index contributed by atoms with van der Waals surface area (Å²) in [6.07, 6.45) is -8.01. The van der Waals surface area contributed by atoms with Gasteiger partial charge in [0.1, 0.15) is 11.4 Å². The average Bonchev–Trinajstić information content (AvgIpc) is 3.54. The van der Waals surface area contributed by atoms with Crippen molar-refractivity contribution in [1.82, 2.24) is 15.2 Å². The first-order valence-electron chi connectivity index (χ1n) is 14.8. The molecular formula is C32H29F6N5O5. The second-order valence-corrected chi connectivity index (χ2v) is 10.8. The molecule has 16 heteroatoms. The topological polar surface area (TPSA) is 117 Å². The minimum absolute atomic E-state index is 0.0402. The van der Waals surface area contributed by atoms with Gasteiger partial charge in [0.15, 0.2) is 0 Å². The monoisotopic (exact) mass is 677 g/mol. The minimum atomic E-state index is -5.11. The Morgan fingerprint density at radius 2 is 1.56 bits per heavy atom. The first kappa shape index (κ1) is 34.5. The summed E-state index contributed by atoms with van der Waals surface area (Å²) in [5.74, 6) is -2.66. The number of hydrogen-bond donors (Lipinski definition) is 0. The van der Waals surface area contributed by atoms with Crippen LogP contribution < -0.4 is 4.90 Å². The van der Waals surface area contributed by atoms with E-state index in [2.05, 4.69) is 15.2 Å². The van der Waals surface area contributed by atoms with Gasteiger partial charge in [-0.1, -0.05) is 72.8 Å². The zero-order valence-corrected chi connectivity index (χ0v) is 25.2. The number of rotatable bonds is 9. The van der Waals surface area contributed by atoms with Gasteiger partial charge < -0.3 is 18.8 Å². The van der Waals surface area contributed by atoms with E-state index in [1.54, 1.807) is 42.5 Å². The van der Waals surface area contributed by atoms with Crippen LogP contribution in [0.5, 0.6) is 0 Å². The number of alkyl halides is 6. The van der Waals surface area contributed by atoms with Crippen molar-refractivity contribution in [2.24, 2.45) is 0 Å². The zero-order valence-electron chi connectivity index (χ0n) is 25.2. The second-order valence-electron chi connectivity index (χ2n) is 10.8. The van der Waals surface area contributed by atoms with E-state index < -0.39 is 70.4 Å². The lowest BCUT2D eigenvalue weighted by Gasteiger charge is -2.32. The highest BCUT2D eigenvalue weighted by molar-refractivity contribution is 5.68. The van der Waals surface area contributed by atoms with Gasteiger partial charge in [0.25, 0.3) is 11.8 Å². The fourth-order valence-corrected chi connectivity index (χ4v) is 5.10. The number of anilines is 1. The molecule has 4 aromatic rings. The lowest BCUT2D eigenvalue weighted by molar-refractivity contribution is -0.384. The van der Waals surface area contributed by atoms with Crippen molar-refractivity contribution in [2.75, 3.05) is 24.6 Å². The molecule has 3 heterocycles. The number of halogens is 6. The maximum atomic E-state index is 14.9. The summed E-state index contributed by atoms with van der Waals surface area (Å²) in [4.78, 5) is 16.1. The molecule has 5 rings (SSSR count). The number of ether oxygens (including phenoxy) is 2. The number of allylic oxidation sites excluding steroid dienone is 1. The van der Waals surface area contributed by atoms with Crippen LogP contribution in [0.1, 0.15) is 41.8 Å². The van der Waals surface area contributed by atoms with Crippen molar-refractivity contribution in [1.29, 1.82) is 0 Å². The highest BCUT2D eigenvalue weighted by Crippen LogP contribution is 2.47. The summed E-state index contributed by atoms with van der Waals surface area (Å²) < 4.78 is 104. The number of aromatic nitrogens is 3. The quantitative estimate of drug-likeness (QED) is 0.0575. The van der Waals surface area contributed by atoms with Crippen molar-refractivity contribution in [2.45, 2.75) is 50.4 Å². The van der Waals surface area contributed by atoms with Gasteiger partial charge in [-0.25, -0.2) is 4.98 Å². The van der Waals surface area contributed by atoms with Gasteiger partial charge in [0, 0.05) is 19.2 Å². The van der Waals surface area contributed by atoms with Crippen LogP contribution in [0.25, 0.3) is 11.6 Å². The fourth-order valence-electron chi connectivity index (χ4n) is 5.10. The Morgan fingerprint density at radius 3 is 2.19 bits per heavy atom. The summed E-state index contributed by atoms with van der Waals surface area (Å²) >= 11 is 0. The predicted octanol–water partition coefficient (Wildman–Crippen LogP) is 7.80. The van der Waals surface area contributed by atoms with E-state index in [1.807, 2.05) is 18.2 Å². The maximum absolute atomic E-state index is 14.9. The van der Waals surface area contributed by atoms with Gasteiger partial charge in [0.05, 0.1) is 24.7 Å². The molecule has 0 saturated heterocycles. The number of fused-ring (bicyclic) bond motifs is 5. The van der Waals surface area contributed by atoms with E-state index in [0.29, 0.717) is 5.56 Å². The molecule has 1 atom stereocenters. The third kappa shape index (κ3) is 7.82. The molecule has 0 amide bonds. The van der Waals surface area contributed by atoms with Gasteiger partial charge in [-0.3, -0.25) is 10.1 Å². The average molecular weight is 678 g/mol. The van der Waals surface area contributed by atoms with Gasteiger partial charge in [-0.15, -0.1) is 10.2 Å². The van der Waals surface area contributed by atoms with E-state index in [4.69, 9.17) is 13.9 Å². The summed E-state index contributed by atoms with van der Waals surface area (Å²) in [6.45, 7) is -0.554. The van der Waals surface area contributed by atoms with E-state index in [9.17, 15) is 36.5 Å². The standard InChI is InChI=1S/C32H29F6N5O5/c33-31(34,35)24-19-25(43(44)45)26-28-40-41-29(48-28)30(32(36,37)38,47-21-23-13-7-4-8-14-23)15-9-1-2-10-16-42(27(24)39-26)17-18-46-20-22-11-5-3-6-12-22/h1-8,11-14,19H,9-10,15-18,20-21H2. The van der Waals surface area contributed by atoms with Crippen LogP contribution >= 0.6 is 0 Å². The van der Waals surface area contributed by atoms with Crippen molar-refractivity contribution >= 4 is 11.5 Å². The Bertz CT molecular complexity index is 1720. The SMILES string of the molecule is O=[N+]([O-])c1cc(C(F)(F)F)c2nc1-c1nnc(o1)C(OCc1ccccc1)(C(F)(F)F)CCC=CCCN2CCOCc1ccccc1. The molecule has 2 aromatic heterocycles. The van der Waals surface area contributed by atoms with Crippen LogP contribution in [0.4, 0.5) is 37.8 Å². The first-order valence-corrected chi connectivity index (χ1v) is 14.8. The van der Waals surface area contributed by atoms with Crippen LogP contribution in [-0.2, 0) is 34.5 Å². The predicted molar refractivity (Wildman–Crippen MR) is 159 cm³/mol. The van der Waals surface area contributed by atoms with E-state index in [0.717, 1.165) is 5.56 Å². The molecule has 1 unspecified atom stereocenters. The third-order valence-electron chi connectivity index (χ3n) is 7.56. The van der Waals surface area contributed by atoms with Crippen molar-refractivity contribution in [3.05, 3.63) is 112 Å². The Kier molecular flexibility index (Phi) is 10.4. The van der Waals surface area contributed by atoms with Crippen LogP contribution in [0.3, 0.4) is 0 Å². The summed E-state index contributed by atoms with van der Waals surface area (Å²) in [6, 6.07) is 17.4. The van der Waals surface area contributed by atoms with Crippen LogP contribution in [0.2, 0.25) is 0 Å². The molecule has 0 radical (unpaired) electrons. The maximum Gasteiger partial charge on any atom is 0.426 e. The molecule has 0 spiro atoms. The van der Waals surface area contributed by atoms with E-state index in [-0.39, 0.29) is 45.2 Å². The number of nitro groups is 1. The number of nitrogens with zero attached hydrogens (tertiary/aromatic N) is 5. The molecule has 1 aliphatic heterocycles. The molecule has 0 N–H and O–H groups in total. The molecule has 0 aliphatic carbocycles. The minimum Gasteiger partial charge on any atom is -0.415 e. The van der Waals surface area contributed by atoms with Crippen LogP contribution in [-0.4, -0.2) is 46.0 Å². The second kappa shape index (κ2) is 14.5. The summed E-state index contributed by atoms with van der Waals surface area (Å²) in [5, 5.41) is 19.2. The van der Waals surface area contributed by atoms with Gasteiger partial charge in [-0.2, -0.15) is 26.3 Å². The van der Waals surface area contributed by atoms with Gasteiger partial charge in [0.2, 0.25) is 11.3 Å². The van der Waals surface area contributed by atoms with Crippen LogP contribution in [0, 0.1) is 10.1 Å². The molecule has 10 nitrogen and oxygen atoms in total. The zero-order chi connectivity index (χ0) is 34.4. The van der Waals surface area contributed by atoms with Crippen molar-refractivity contribution < 1.29 is 45.2 Å². The molecule has 1 aliphatic rings. The Morgan fingerprint density at radius 1 is 0.917 bits per heavy atom. The number of benzene rings is 2. The Labute approximate surface area is 270 Å². The number of pyridine rings is 1. The first-order chi connectivity index (χ1) is 22.9. The van der Waals surface area contributed by atoms with E-state index in [1.165, 1.54) is 17.1 Å². The lowest BCUT2D eigenvalue weighted by Crippen LogP contribution is -2.45. The fraction of sp³-hybridized carbons (Fsp3) is 0.344. The van der Waals surface area contributed by atoms with Crippen molar-refractivity contribution in [3.8, 4) is 11.6 Å². The largest absolute Gasteiger partial charge is 0.426 e. The van der Waals surface area contributed by atoms with Crippen molar-refractivity contribution in [3.63, 3.8) is 0 Å². The van der Waals surface area contributed by atoms with E-state index >= 15 is 0 Å². The highest BCUT2D eigenvalue weighted by Gasteiger charge is 2.61. The molecule has 254 valence electrons. The number of hydrogen-bond acceptors (Lipinski definition) is 9. The normalized spacial score (nSPS) is 17.2. The molecule has 0 saturated carbocycles. The highest BCUT2D eigenvalue weighted by atomic mass is 19.4.